The molecule has 1 heterocycles. The Morgan fingerprint density at radius 3 is 2.71 bits per heavy atom. The van der Waals surface area contributed by atoms with Gasteiger partial charge in [0.1, 0.15) is 5.82 Å². The highest BCUT2D eigenvalue weighted by atomic mass is 19.1. The first-order chi connectivity index (χ1) is 10.1. The molecule has 0 amide bonds. The van der Waals surface area contributed by atoms with Crippen molar-refractivity contribution >= 4 is 16.9 Å². The minimum atomic E-state index is -0.814. The van der Waals surface area contributed by atoms with Crippen LogP contribution in [-0.2, 0) is 11.2 Å². The van der Waals surface area contributed by atoms with Gasteiger partial charge < -0.3 is 10.1 Å². The Morgan fingerprint density at radius 2 is 1.95 bits per heavy atom. The summed E-state index contributed by atoms with van der Waals surface area (Å²) in [5, 5.41) is 9.78. The lowest BCUT2D eigenvalue weighted by molar-refractivity contribution is -0.136. The summed E-state index contributed by atoms with van der Waals surface area (Å²) < 4.78 is 13.3. The van der Waals surface area contributed by atoms with Gasteiger partial charge in [-0.1, -0.05) is 18.2 Å². The van der Waals surface area contributed by atoms with Crippen LogP contribution in [0.4, 0.5) is 4.39 Å². The van der Waals surface area contributed by atoms with Crippen molar-refractivity contribution in [1.29, 1.82) is 0 Å². The molecule has 0 bridgehead atoms. The van der Waals surface area contributed by atoms with Gasteiger partial charge in [0.15, 0.2) is 0 Å². The molecule has 0 saturated carbocycles. The zero-order valence-corrected chi connectivity index (χ0v) is 11.3. The molecule has 1 aromatic heterocycles. The lowest BCUT2D eigenvalue weighted by atomic mass is 10.0. The molecule has 0 saturated heterocycles. The lowest BCUT2D eigenvalue weighted by Crippen LogP contribution is -1.96. The van der Waals surface area contributed by atoms with Crippen molar-refractivity contribution in [3.63, 3.8) is 0 Å². The van der Waals surface area contributed by atoms with Crippen LogP contribution in [0.1, 0.15) is 12.0 Å². The van der Waals surface area contributed by atoms with Gasteiger partial charge in [-0.2, -0.15) is 0 Å². The van der Waals surface area contributed by atoms with Crippen LogP contribution in [0.3, 0.4) is 0 Å². The van der Waals surface area contributed by atoms with E-state index in [0.717, 1.165) is 27.6 Å². The number of H-pyrrole nitrogens is 1. The maximum absolute atomic E-state index is 13.3. The summed E-state index contributed by atoms with van der Waals surface area (Å²) in [6.07, 6.45) is 2.40. The van der Waals surface area contributed by atoms with E-state index < -0.39 is 5.97 Å². The van der Waals surface area contributed by atoms with Crippen molar-refractivity contribution < 1.29 is 14.3 Å². The number of halogens is 1. The quantitative estimate of drug-likeness (QED) is 0.760. The number of carbonyl (C=O) groups is 1. The smallest absolute Gasteiger partial charge is 0.303 e. The van der Waals surface area contributed by atoms with Crippen molar-refractivity contribution in [2.45, 2.75) is 12.8 Å². The molecule has 0 aliphatic carbocycles. The van der Waals surface area contributed by atoms with Gasteiger partial charge in [0, 0.05) is 23.5 Å². The normalized spacial score (nSPS) is 10.9. The SMILES string of the molecule is O=C(O)CCc1c[nH]c2ccc(-c3cccc(F)c3)cc12. The topological polar surface area (TPSA) is 53.1 Å². The lowest BCUT2D eigenvalue weighted by Gasteiger charge is -2.03. The fraction of sp³-hybridized carbons (Fsp3) is 0.118. The van der Waals surface area contributed by atoms with Crippen molar-refractivity contribution in [2.24, 2.45) is 0 Å². The first kappa shape index (κ1) is 13.4. The Bertz CT molecular complexity index is 807. The zero-order valence-electron chi connectivity index (χ0n) is 11.3. The Morgan fingerprint density at radius 1 is 1.14 bits per heavy atom. The Labute approximate surface area is 121 Å². The molecule has 106 valence electrons. The van der Waals surface area contributed by atoms with Gasteiger partial charge >= 0.3 is 5.97 Å². The fourth-order valence-electron chi connectivity index (χ4n) is 2.47. The van der Waals surface area contributed by atoms with Crippen LogP contribution in [0, 0.1) is 5.82 Å². The van der Waals surface area contributed by atoms with E-state index in [-0.39, 0.29) is 12.2 Å². The summed E-state index contributed by atoms with van der Waals surface area (Å²) in [5.41, 5.74) is 3.64. The van der Waals surface area contributed by atoms with Crippen LogP contribution in [0.25, 0.3) is 22.0 Å². The number of aryl methyl sites for hydroxylation is 1. The molecule has 0 aliphatic heterocycles. The number of hydrogen-bond acceptors (Lipinski definition) is 1. The van der Waals surface area contributed by atoms with Crippen molar-refractivity contribution in [3.8, 4) is 11.1 Å². The summed E-state index contributed by atoms with van der Waals surface area (Å²) in [7, 11) is 0. The van der Waals surface area contributed by atoms with E-state index in [2.05, 4.69) is 4.98 Å². The minimum Gasteiger partial charge on any atom is -0.481 e. The molecular weight excluding hydrogens is 269 g/mol. The van der Waals surface area contributed by atoms with Crippen molar-refractivity contribution in [1.82, 2.24) is 4.98 Å². The Hall–Kier alpha value is -2.62. The molecule has 0 fully saturated rings. The number of aromatic amines is 1. The number of aromatic nitrogens is 1. The molecule has 3 nitrogen and oxygen atoms in total. The monoisotopic (exact) mass is 283 g/mol. The number of aliphatic carboxylic acids is 1. The molecule has 0 radical (unpaired) electrons. The zero-order chi connectivity index (χ0) is 14.8. The highest BCUT2D eigenvalue weighted by Crippen LogP contribution is 2.27. The average molecular weight is 283 g/mol. The van der Waals surface area contributed by atoms with Gasteiger partial charge in [0.05, 0.1) is 0 Å². The van der Waals surface area contributed by atoms with Crippen LogP contribution >= 0.6 is 0 Å². The highest BCUT2D eigenvalue weighted by molar-refractivity contribution is 5.88. The summed E-state index contributed by atoms with van der Waals surface area (Å²) in [4.78, 5) is 13.8. The first-order valence-corrected chi connectivity index (χ1v) is 6.71. The van der Waals surface area contributed by atoms with Crippen LogP contribution in [0.5, 0.6) is 0 Å². The van der Waals surface area contributed by atoms with E-state index in [9.17, 15) is 9.18 Å². The summed E-state index contributed by atoms with van der Waals surface area (Å²) in [6.45, 7) is 0. The van der Waals surface area contributed by atoms with Crippen LogP contribution in [-0.4, -0.2) is 16.1 Å². The molecule has 0 unspecified atom stereocenters. The molecule has 0 spiro atoms. The second-order valence-corrected chi connectivity index (χ2v) is 4.98. The maximum Gasteiger partial charge on any atom is 0.303 e. The van der Waals surface area contributed by atoms with Crippen LogP contribution in [0.2, 0.25) is 0 Å². The standard InChI is InChI=1S/C17H14FNO2/c18-14-3-1-2-11(8-14)12-4-6-16-15(9-12)13(10-19-16)5-7-17(20)21/h1-4,6,8-10,19H,5,7H2,(H,20,21). The van der Waals surface area contributed by atoms with E-state index in [4.69, 9.17) is 5.11 Å². The van der Waals surface area contributed by atoms with Gasteiger partial charge in [-0.3, -0.25) is 4.79 Å². The van der Waals surface area contributed by atoms with Gasteiger partial charge in [0.2, 0.25) is 0 Å². The molecule has 21 heavy (non-hydrogen) atoms. The third-order valence-corrected chi connectivity index (χ3v) is 3.53. The molecule has 3 aromatic rings. The van der Waals surface area contributed by atoms with E-state index >= 15 is 0 Å². The van der Waals surface area contributed by atoms with Gasteiger partial charge in [-0.15, -0.1) is 0 Å². The number of nitrogens with one attached hydrogen (secondary N) is 1. The third kappa shape index (κ3) is 2.79. The summed E-state index contributed by atoms with van der Waals surface area (Å²) >= 11 is 0. The number of carboxylic acids is 1. The van der Waals surface area contributed by atoms with Gasteiger partial charge in [0.25, 0.3) is 0 Å². The van der Waals surface area contributed by atoms with Crippen molar-refractivity contribution in [3.05, 3.63) is 60.0 Å². The van der Waals surface area contributed by atoms with E-state index in [1.54, 1.807) is 6.07 Å². The predicted octanol–water partition coefficient (Wildman–Crippen LogP) is 3.99. The predicted molar refractivity (Wildman–Crippen MR) is 79.6 cm³/mol. The van der Waals surface area contributed by atoms with E-state index in [0.29, 0.717) is 6.42 Å². The number of fused-ring (bicyclic) bond motifs is 1. The molecule has 2 aromatic carbocycles. The Kier molecular flexibility index (Phi) is 3.44. The largest absolute Gasteiger partial charge is 0.481 e. The molecule has 0 aliphatic rings. The third-order valence-electron chi connectivity index (χ3n) is 3.53. The number of benzene rings is 2. The average Bonchev–Trinajstić information content (AvgIpc) is 2.87. The maximum atomic E-state index is 13.3. The molecule has 2 N–H and O–H groups in total. The second-order valence-electron chi connectivity index (χ2n) is 4.98. The number of hydrogen-bond donors (Lipinski definition) is 2. The minimum absolute atomic E-state index is 0.0944. The van der Waals surface area contributed by atoms with Crippen LogP contribution in [0.15, 0.2) is 48.7 Å². The Balaban J connectivity index is 2.02. The number of rotatable bonds is 4. The summed E-state index contributed by atoms with van der Waals surface area (Å²) in [6, 6.07) is 12.3. The van der Waals surface area contributed by atoms with E-state index in [1.807, 2.05) is 30.5 Å². The first-order valence-electron chi connectivity index (χ1n) is 6.71. The molecule has 0 atom stereocenters. The van der Waals surface area contributed by atoms with Crippen molar-refractivity contribution in [2.75, 3.05) is 0 Å². The van der Waals surface area contributed by atoms with E-state index in [1.165, 1.54) is 12.1 Å². The highest BCUT2D eigenvalue weighted by Gasteiger charge is 2.08. The molecular formula is C17H14FNO2. The van der Waals surface area contributed by atoms with Crippen LogP contribution < -0.4 is 0 Å². The fourth-order valence-corrected chi connectivity index (χ4v) is 2.47. The summed E-state index contributed by atoms with van der Waals surface area (Å²) in [5.74, 6) is -1.08. The molecule has 4 heteroatoms. The van der Waals surface area contributed by atoms with Gasteiger partial charge in [-0.05, 0) is 47.4 Å². The second kappa shape index (κ2) is 5.40. The number of carboxylic acid groups (broad SMARTS) is 1. The van der Waals surface area contributed by atoms with Gasteiger partial charge in [-0.25, -0.2) is 4.39 Å². The molecule has 3 rings (SSSR count).